The third kappa shape index (κ3) is 5.73. The lowest BCUT2D eigenvalue weighted by molar-refractivity contribution is 0.0400. The van der Waals surface area contributed by atoms with Crippen LogP contribution in [0.4, 0.5) is 0 Å². The smallest absolute Gasteiger partial charge is 0.147 e. The van der Waals surface area contributed by atoms with E-state index in [1.165, 1.54) is 0 Å². The molecule has 0 bridgehead atoms. The highest BCUT2D eigenvalue weighted by molar-refractivity contribution is 6.90. The van der Waals surface area contributed by atoms with Crippen molar-refractivity contribution in [1.29, 1.82) is 0 Å². The van der Waals surface area contributed by atoms with E-state index in [1.807, 2.05) is 0 Å². The Hall–Kier alpha value is -0.306. The lowest BCUT2D eigenvalue weighted by atomic mass is 9.77. The Morgan fingerprint density at radius 3 is 1.20 bits per heavy atom. The van der Waals surface area contributed by atoms with Crippen molar-refractivity contribution in [2.45, 2.75) is 143 Å². The molecule has 176 valence electrons. The van der Waals surface area contributed by atoms with Crippen LogP contribution in [0.25, 0.3) is 0 Å². The number of hydrogen-bond acceptors (Lipinski definition) is 1. The van der Waals surface area contributed by atoms with E-state index in [-0.39, 0.29) is 5.41 Å². The van der Waals surface area contributed by atoms with Gasteiger partial charge in [0.15, 0.2) is 0 Å². The molecule has 0 radical (unpaired) electrons. The van der Waals surface area contributed by atoms with Crippen molar-refractivity contribution in [1.82, 2.24) is 0 Å². The second-order valence-electron chi connectivity index (χ2n) is 12.5. The van der Waals surface area contributed by atoms with E-state index in [4.69, 9.17) is 0 Å². The van der Waals surface area contributed by atoms with Gasteiger partial charge in [0, 0.05) is 5.41 Å². The maximum absolute atomic E-state index is 11.9. The Labute approximate surface area is 192 Å². The molecule has 1 atom stereocenters. The van der Waals surface area contributed by atoms with Crippen LogP contribution in [0.5, 0.6) is 0 Å². The monoisotopic (exact) mass is 450 g/mol. The van der Waals surface area contributed by atoms with Crippen LogP contribution in [-0.2, 0) is 0 Å². The highest BCUT2D eigenvalue weighted by Crippen LogP contribution is 2.44. The maximum atomic E-state index is 11.9. The second kappa shape index (κ2) is 10.5. The van der Waals surface area contributed by atoms with Crippen molar-refractivity contribution in [3.63, 3.8) is 0 Å². The summed E-state index contributed by atoms with van der Waals surface area (Å²) in [5.41, 5.74) is 8.38. The molecular weight excluding hydrogens is 396 g/mol. The predicted octanol–water partition coefficient (Wildman–Crippen LogP) is 8.76. The average molecular weight is 451 g/mol. The van der Waals surface area contributed by atoms with E-state index in [1.54, 1.807) is 0 Å². The molecule has 0 aliphatic carbocycles. The molecule has 0 spiro atoms. The van der Waals surface area contributed by atoms with Crippen molar-refractivity contribution >= 4 is 16.1 Å². The van der Waals surface area contributed by atoms with Crippen molar-refractivity contribution in [2.75, 3.05) is 0 Å². The SMILES string of the molecule is CC(C)[Si](C#CC(O)(C=C[Si](C(C)C)(C(C)C)C(C)C)C(C)(C)C)(C(C)C)C(C)C. The molecule has 0 saturated carbocycles. The maximum Gasteiger partial charge on any atom is 0.147 e. The van der Waals surface area contributed by atoms with E-state index in [0.717, 1.165) is 0 Å². The summed E-state index contributed by atoms with van der Waals surface area (Å²) in [6.07, 6.45) is 2.12. The molecule has 0 aliphatic rings. The van der Waals surface area contributed by atoms with E-state index in [9.17, 15) is 5.11 Å². The van der Waals surface area contributed by atoms with Gasteiger partial charge in [0.2, 0.25) is 0 Å². The summed E-state index contributed by atoms with van der Waals surface area (Å²) in [7, 11) is -3.65. The molecule has 1 nitrogen and oxygen atoms in total. The third-order valence-electron chi connectivity index (χ3n) is 8.09. The summed E-state index contributed by atoms with van der Waals surface area (Å²) in [6.45, 7) is 34.6. The van der Waals surface area contributed by atoms with Gasteiger partial charge in [-0.1, -0.05) is 115 Å². The van der Waals surface area contributed by atoms with Gasteiger partial charge in [-0.15, -0.1) is 5.54 Å². The van der Waals surface area contributed by atoms with E-state index >= 15 is 0 Å². The standard InChI is InChI=1S/C27H54OSi2/c1-20(2)29(21(3)4,22(5)6)18-16-27(28,26(13,14)15)17-19-30(23(7)8,24(9)10)25(11)12/h16,18,20-25,28H,1-15H3. The summed E-state index contributed by atoms with van der Waals surface area (Å²) in [6, 6.07) is 0. The fraction of sp³-hybridized carbons (Fsp3) is 0.852. The minimum Gasteiger partial charge on any atom is -0.373 e. The van der Waals surface area contributed by atoms with Gasteiger partial charge in [0.25, 0.3) is 0 Å². The van der Waals surface area contributed by atoms with Crippen molar-refractivity contribution in [3.8, 4) is 11.5 Å². The van der Waals surface area contributed by atoms with Gasteiger partial charge in [-0.2, -0.15) is 0 Å². The largest absolute Gasteiger partial charge is 0.373 e. The van der Waals surface area contributed by atoms with Crippen LogP contribution < -0.4 is 0 Å². The zero-order valence-electron chi connectivity index (χ0n) is 23.1. The van der Waals surface area contributed by atoms with Crippen LogP contribution in [0.1, 0.15) is 104 Å². The lowest BCUT2D eigenvalue weighted by Gasteiger charge is -2.43. The van der Waals surface area contributed by atoms with E-state index in [0.29, 0.717) is 33.2 Å². The molecule has 30 heavy (non-hydrogen) atoms. The fourth-order valence-corrected chi connectivity index (χ4v) is 16.9. The Morgan fingerprint density at radius 2 is 0.967 bits per heavy atom. The van der Waals surface area contributed by atoms with Crippen LogP contribution in [0, 0.1) is 16.9 Å². The van der Waals surface area contributed by atoms with Gasteiger partial charge in [-0.25, -0.2) is 0 Å². The minimum atomic E-state index is -1.90. The first-order valence-electron chi connectivity index (χ1n) is 12.3. The summed E-state index contributed by atoms with van der Waals surface area (Å²) < 4.78 is 0. The molecule has 1 unspecified atom stereocenters. The normalized spacial score (nSPS) is 16.3. The molecule has 0 heterocycles. The molecule has 0 fully saturated rings. The van der Waals surface area contributed by atoms with Gasteiger partial charge in [-0.05, 0) is 39.3 Å². The molecule has 0 aromatic carbocycles. The van der Waals surface area contributed by atoms with Crippen LogP contribution in [0.15, 0.2) is 11.8 Å². The summed E-state index contributed by atoms with van der Waals surface area (Å²) in [5.74, 6) is 3.51. The van der Waals surface area contributed by atoms with Gasteiger partial charge < -0.3 is 5.11 Å². The molecule has 0 aromatic heterocycles. The van der Waals surface area contributed by atoms with Gasteiger partial charge in [0.05, 0.1) is 8.07 Å². The first kappa shape index (κ1) is 29.7. The summed E-state index contributed by atoms with van der Waals surface area (Å²) in [5, 5.41) is 11.9. The summed E-state index contributed by atoms with van der Waals surface area (Å²) in [4.78, 5) is 0. The molecule has 0 aromatic rings. The van der Waals surface area contributed by atoms with E-state index < -0.39 is 21.7 Å². The molecule has 3 heteroatoms. The van der Waals surface area contributed by atoms with Gasteiger partial charge >= 0.3 is 0 Å². The van der Waals surface area contributed by atoms with Crippen LogP contribution in [0.2, 0.25) is 33.2 Å². The zero-order chi connectivity index (χ0) is 24.3. The predicted molar refractivity (Wildman–Crippen MR) is 143 cm³/mol. The van der Waals surface area contributed by atoms with Gasteiger partial charge in [-0.3, -0.25) is 0 Å². The zero-order valence-corrected chi connectivity index (χ0v) is 25.1. The third-order valence-corrected chi connectivity index (χ3v) is 21.1. The Bertz CT molecular complexity index is 580. The number of rotatable bonds is 8. The Balaban J connectivity index is 6.79. The van der Waals surface area contributed by atoms with Crippen molar-refractivity contribution in [3.05, 3.63) is 11.8 Å². The number of aliphatic hydroxyl groups is 1. The van der Waals surface area contributed by atoms with E-state index in [2.05, 4.69) is 127 Å². The first-order chi connectivity index (χ1) is 13.3. The number of hydrogen-bond donors (Lipinski definition) is 1. The topological polar surface area (TPSA) is 20.2 Å². The molecule has 0 aliphatic heterocycles. The van der Waals surface area contributed by atoms with Crippen LogP contribution in [0.3, 0.4) is 0 Å². The van der Waals surface area contributed by atoms with Crippen LogP contribution >= 0.6 is 0 Å². The molecule has 0 saturated heterocycles. The van der Waals surface area contributed by atoms with Crippen molar-refractivity contribution in [2.24, 2.45) is 5.41 Å². The second-order valence-corrected chi connectivity index (χ2v) is 23.8. The highest BCUT2D eigenvalue weighted by Gasteiger charge is 2.45. The lowest BCUT2D eigenvalue weighted by Crippen LogP contribution is -2.47. The molecular formula is C27H54OSi2. The minimum absolute atomic E-state index is 0.341. The Kier molecular flexibility index (Phi) is 10.4. The quantitative estimate of drug-likeness (QED) is 0.289. The molecule has 0 rings (SSSR count). The molecule has 1 N–H and O–H groups in total. The first-order valence-corrected chi connectivity index (χ1v) is 16.8. The van der Waals surface area contributed by atoms with Crippen LogP contribution in [-0.4, -0.2) is 26.9 Å². The Morgan fingerprint density at radius 1 is 0.633 bits per heavy atom. The average Bonchev–Trinajstić information content (AvgIpc) is 2.52. The van der Waals surface area contributed by atoms with Crippen molar-refractivity contribution < 1.29 is 5.11 Å². The summed E-state index contributed by atoms with van der Waals surface area (Å²) >= 11 is 0. The molecule has 0 amide bonds. The fourth-order valence-electron chi connectivity index (χ4n) is 5.96. The van der Waals surface area contributed by atoms with Gasteiger partial charge in [0.1, 0.15) is 13.7 Å². The highest BCUT2D eigenvalue weighted by atomic mass is 28.3.